The molecule has 1 aliphatic rings. The minimum Gasteiger partial charge on any atom is -0.394 e. The van der Waals surface area contributed by atoms with Crippen molar-refractivity contribution in [1.82, 2.24) is 4.90 Å². The SMILES string of the molecule is NC(=O)C1CCN(C(=O)C(N)CO)CC1. The zero-order valence-corrected chi connectivity index (χ0v) is 8.56. The van der Waals surface area contributed by atoms with Gasteiger partial charge in [0.15, 0.2) is 0 Å². The number of carbonyl (C=O) groups is 2. The Balaban J connectivity index is 2.43. The van der Waals surface area contributed by atoms with Gasteiger partial charge in [-0.25, -0.2) is 0 Å². The molecule has 0 bridgehead atoms. The molecule has 86 valence electrons. The smallest absolute Gasteiger partial charge is 0.241 e. The van der Waals surface area contributed by atoms with Gasteiger partial charge in [-0.05, 0) is 12.8 Å². The summed E-state index contributed by atoms with van der Waals surface area (Å²) in [5.41, 5.74) is 10.6. The Bertz CT molecular complexity index is 249. The van der Waals surface area contributed by atoms with Gasteiger partial charge in [-0.2, -0.15) is 0 Å². The minimum atomic E-state index is -0.852. The lowest BCUT2D eigenvalue weighted by atomic mass is 9.96. The molecule has 1 rings (SSSR count). The first-order chi connectivity index (χ1) is 7.06. The average Bonchev–Trinajstić information content (AvgIpc) is 2.27. The summed E-state index contributed by atoms with van der Waals surface area (Å²) in [6.45, 7) is 0.620. The second-order valence-electron chi connectivity index (χ2n) is 3.79. The molecule has 2 amide bonds. The number of primary amides is 1. The van der Waals surface area contributed by atoms with Crippen molar-refractivity contribution in [1.29, 1.82) is 0 Å². The predicted octanol–water partition coefficient (Wildman–Crippen LogP) is -1.97. The second-order valence-corrected chi connectivity index (χ2v) is 3.79. The lowest BCUT2D eigenvalue weighted by molar-refractivity contribution is -0.136. The third kappa shape index (κ3) is 2.90. The Hall–Kier alpha value is -1.14. The van der Waals surface area contributed by atoms with Crippen LogP contribution in [0, 0.1) is 5.92 Å². The van der Waals surface area contributed by atoms with Crippen LogP contribution in [0.5, 0.6) is 0 Å². The number of piperidine rings is 1. The van der Waals surface area contributed by atoms with Gasteiger partial charge in [-0.3, -0.25) is 9.59 Å². The molecule has 1 aliphatic heterocycles. The monoisotopic (exact) mass is 215 g/mol. The highest BCUT2D eigenvalue weighted by Crippen LogP contribution is 2.16. The van der Waals surface area contributed by atoms with Gasteiger partial charge in [-0.1, -0.05) is 0 Å². The average molecular weight is 215 g/mol. The van der Waals surface area contributed by atoms with E-state index in [1.807, 2.05) is 0 Å². The minimum absolute atomic E-state index is 0.139. The highest BCUT2D eigenvalue weighted by Gasteiger charge is 2.27. The normalized spacial score (nSPS) is 20.0. The zero-order chi connectivity index (χ0) is 11.4. The maximum Gasteiger partial charge on any atom is 0.241 e. The first-order valence-corrected chi connectivity index (χ1v) is 5.00. The van der Waals surface area contributed by atoms with Crippen molar-refractivity contribution in [2.75, 3.05) is 19.7 Å². The summed E-state index contributed by atoms with van der Waals surface area (Å²) in [7, 11) is 0. The van der Waals surface area contributed by atoms with Gasteiger partial charge in [-0.15, -0.1) is 0 Å². The molecule has 1 fully saturated rings. The number of rotatable bonds is 3. The Morgan fingerprint density at radius 3 is 2.33 bits per heavy atom. The number of aliphatic hydroxyl groups is 1. The number of hydrogen-bond acceptors (Lipinski definition) is 4. The fraction of sp³-hybridized carbons (Fsp3) is 0.778. The van der Waals surface area contributed by atoms with Gasteiger partial charge in [0.1, 0.15) is 6.04 Å². The van der Waals surface area contributed by atoms with Crippen LogP contribution in [0.4, 0.5) is 0 Å². The molecule has 1 heterocycles. The summed E-state index contributed by atoms with van der Waals surface area (Å²) >= 11 is 0. The third-order valence-corrected chi connectivity index (χ3v) is 2.72. The van der Waals surface area contributed by atoms with Crippen LogP contribution in [0.25, 0.3) is 0 Å². The number of likely N-dealkylation sites (tertiary alicyclic amines) is 1. The van der Waals surface area contributed by atoms with Crippen molar-refractivity contribution in [3.05, 3.63) is 0 Å². The van der Waals surface area contributed by atoms with Crippen LogP contribution in [0.2, 0.25) is 0 Å². The molecule has 0 aromatic carbocycles. The van der Waals surface area contributed by atoms with Crippen LogP contribution in [0.15, 0.2) is 0 Å². The summed E-state index contributed by atoms with van der Waals surface area (Å²) < 4.78 is 0. The molecule has 5 N–H and O–H groups in total. The largest absolute Gasteiger partial charge is 0.394 e. The van der Waals surface area contributed by atoms with E-state index in [0.29, 0.717) is 25.9 Å². The van der Waals surface area contributed by atoms with Crippen molar-refractivity contribution in [3.8, 4) is 0 Å². The summed E-state index contributed by atoms with van der Waals surface area (Å²) in [6, 6.07) is -0.852. The molecule has 6 nitrogen and oxygen atoms in total. The fourth-order valence-electron chi connectivity index (χ4n) is 1.70. The van der Waals surface area contributed by atoms with Gasteiger partial charge in [0.2, 0.25) is 11.8 Å². The van der Waals surface area contributed by atoms with E-state index in [2.05, 4.69) is 0 Å². The van der Waals surface area contributed by atoms with Gasteiger partial charge in [0.05, 0.1) is 6.61 Å². The number of aliphatic hydroxyl groups excluding tert-OH is 1. The molecular weight excluding hydrogens is 198 g/mol. The van der Waals surface area contributed by atoms with E-state index in [1.165, 1.54) is 0 Å². The molecular formula is C9H17N3O3. The van der Waals surface area contributed by atoms with E-state index in [1.54, 1.807) is 4.90 Å². The summed E-state index contributed by atoms with van der Waals surface area (Å²) in [4.78, 5) is 24.0. The van der Waals surface area contributed by atoms with Gasteiger partial charge < -0.3 is 21.5 Å². The van der Waals surface area contributed by atoms with E-state index >= 15 is 0 Å². The van der Waals surface area contributed by atoms with Crippen LogP contribution >= 0.6 is 0 Å². The zero-order valence-electron chi connectivity index (χ0n) is 8.56. The summed E-state index contributed by atoms with van der Waals surface area (Å²) in [6.07, 6.45) is 1.17. The van der Waals surface area contributed by atoms with E-state index in [-0.39, 0.29) is 24.3 Å². The number of carbonyl (C=O) groups excluding carboxylic acids is 2. The van der Waals surface area contributed by atoms with Gasteiger partial charge >= 0.3 is 0 Å². The maximum atomic E-state index is 11.5. The molecule has 1 atom stereocenters. The summed E-state index contributed by atoms with van der Waals surface area (Å²) in [5.74, 6) is -0.714. The molecule has 0 radical (unpaired) electrons. The first-order valence-electron chi connectivity index (χ1n) is 5.00. The standard InChI is InChI=1S/C9H17N3O3/c10-7(5-13)9(15)12-3-1-6(2-4-12)8(11)14/h6-7,13H,1-5,10H2,(H2,11,14). The van der Waals surface area contributed by atoms with Gasteiger partial charge in [0.25, 0.3) is 0 Å². The molecule has 0 spiro atoms. The summed E-state index contributed by atoms with van der Waals surface area (Å²) in [5, 5.41) is 8.73. The second kappa shape index (κ2) is 5.09. The maximum absolute atomic E-state index is 11.5. The predicted molar refractivity (Wildman–Crippen MR) is 53.6 cm³/mol. The molecule has 6 heteroatoms. The lowest BCUT2D eigenvalue weighted by Gasteiger charge is -2.31. The molecule has 1 saturated heterocycles. The number of nitrogens with two attached hydrogens (primary N) is 2. The van der Waals surface area contributed by atoms with Crippen molar-refractivity contribution in [3.63, 3.8) is 0 Å². The van der Waals surface area contributed by atoms with Crippen molar-refractivity contribution in [2.45, 2.75) is 18.9 Å². The number of amides is 2. The number of nitrogens with zero attached hydrogens (tertiary/aromatic N) is 1. The highest BCUT2D eigenvalue weighted by atomic mass is 16.3. The van der Waals surface area contributed by atoms with E-state index in [4.69, 9.17) is 16.6 Å². The fourth-order valence-corrected chi connectivity index (χ4v) is 1.70. The Morgan fingerprint density at radius 2 is 1.93 bits per heavy atom. The quantitative estimate of drug-likeness (QED) is 0.507. The van der Waals surface area contributed by atoms with E-state index in [9.17, 15) is 9.59 Å². The van der Waals surface area contributed by atoms with Crippen LogP contribution in [-0.4, -0.2) is 47.6 Å². The highest BCUT2D eigenvalue weighted by molar-refractivity contribution is 5.82. The van der Waals surface area contributed by atoms with Crippen molar-refractivity contribution >= 4 is 11.8 Å². The first kappa shape index (κ1) is 11.9. The van der Waals surface area contributed by atoms with Crippen molar-refractivity contribution in [2.24, 2.45) is 17.4 Å². The van der Waals surface area contributed by atoms with Gasteiger partial charge in [0, 0.05) is 19.0 Å². The Kier molecular flexibility index (Phi) is 4.05. The molecule has 0 aromatic heterocycles. The topological polar surface area (TPSA) is 110 Å². The molecule has 0 aliphatic carbocycles. The Morgan fingerprint density at radius 1 is 1.40 bits per heavy atom. The van der Waals surface area contributed by atoms with Crippen LogP contribution in [-0.2, 0) is 9.59 Å². The lowest BCUT2D eigenvalue weighted by Crippen LogP contribution is -2.49. The van der Waals surface area contributed by atoms with Crippen molar-refractivity contribution < 1.29 is 14.7 Å². The van der Waals surface area contributed by atoms with Crippen LogP contribution in [0.3, 0.4) is 0 Å². The van der Waals surface area contributed by atoms with Crippen LogP contribution in [0.1, 0.15) is 12.8 Å². The third-order valence-electron chi connectivity index (χ3n) is 2.72. The number of hydrogen-bond donors (Lipinski definition) is 3. The molecule has 0 aromatic rings. The Labute approximate surface area is 88.2 Å². The van der Waals surface area contributed by atoms with E-state index in [0.717, 1.165) is 0 Å². The van der Waals surface area contributed by atoms with E-state index < -0.39 is 6.04 Å². The van der Waals surface area contributed by atoms with Crippen LogP contribution < -0.4 is 11.5 Å². The molecule has 1 unspecified atom stereocenters. The molecule has 0 saturated carbocycles. The molecule has 15 heavy (non-hydrogen) atoms.